The first-order valence-corrected chi connectivity index (χ1v) is 4.38. The number of carbonyl (C=O) groups is 1. The Balaban J connectivity index is 4.13. The van der Waals surface area contributed by atoms with Crippen LogP contribution in [-0.4, -0.2) is 12.5 Å². The van der Waals surface area contributed by atoms with Crippen molar-refractivity contribution in [1.82, 2.24) is 5.32 Å². The largest absolute Gasteiger partial charge is 0.354 e. The normalized spacial score (nSPS) is 12.0. The summed E-state index contributed by atoms with van der Waals surface area (Å²) < 4.78 is 0. The maximum Gasteiger partial charge on any atom is 0.239 e. The van der Waals surface area contributed by atoms with Crippen LogP contribution in [0.15, 0.2) is 0 Å². The van der Waals surface area contributed by atoms with Crippen LogP contribution < -0.4 is 5.32 Å². The van der Waals surface area contributed by atoms with Crippen molar-refractivity contribution in [2.75, 3.05) is 6.54 Å². The van der Waals surface area contributed by atoms with Crippen molar-refractivity contribution in [2.24, 2.45) is 10.8 Å². The highest BCUT2D eigenvalue weighted by Crippen LogP contribution is 2.15. The van der Waals surface area contributed by atoms with Crippen LogP contribution >= 0.6 is 0 Å². The molecule has 0 unspecified atom stereocenters. The molecular formula is C10H18N2O. The van der Waals surface area contributed by atoms with E-state index in [2.05, 4.69) is 5.32 Å². The standard InChI is InChI=1S/C10H18N2O/c1-9(2,3)7-12-8(13)10(4,5)6-11/h7H2,1-5H3,(H,12,13). The lowest BCUT2D eigenvalue weighted by atomic mass is 9.92. The van der Waals surface area contributed by atoms with Crippen molar-refractivity contribution in [1.29, 1.82) is 5.26 Å². The molecule has 0 heterocycles. The van der Waals surface area contributed by atoms with Crippen molar-refractivity contribution in [3.05, 3.63) is 0 Å². The summed E-state index contributed by atoms with van der Waals surface area (Å²) in [7, 11) is 0. The molecule has 0 rings (SSSR count). The van der Waals surface area contributed by atoms with Gasteiger partial charge in [-0.1, -0.05) is 20.8 Å². The van der Waals surface area contributed by atoms with E-state index in [-0.39, 0.29) is 11.3 Å². The molecule has 0 aliphatic heterocycles. The Bertz CT molecular complexity index is 230. The number of hydrogen-bond acceptors (Lipinski definition) is 2. The zero-order valence-electron chi connectivity index (χ0n) is 9.06. The molecule has 0 radical (unpaired) electrons. The van der Waals surface area contributed by atoms with Gasteiger partial charge < -0.3 is 5.32 Å². The van der Waals surface area contributed by atoms with Crippen molar-refractivity contribution in [2.45, 2.75) is 34.6 Å². The van der Waals surface area contributed by atoms with Crippen LogP contribution in [0.2, 0.25) is 0 Å². The number of hydrogen-bond donors (Lipinski definition) is 1. The van der Waals surface area contributed by atoms with Gasteiger partial charge >= 0.3 is 0 Å². The Kier molecular flexibility index (Phi) is 3.48. The summed E-state index contributed by atoms with van der Waals surface area (Å²) >= 11 is 0. The molecule has 0 aliphatic rings. The average molecular weight is 182 g/mol. The number of nitrogens with zero attached hydrogens (tertiary/aromatic N) is 1. The number of nitrogens with one attached hydrogen (secondary N) is 1. The molecule has 0 aromatic heterocycles. The molecule has 1 N–H and O–H groups in total. The quantitative estimate of drug-likeness (QED) is 0.706. The SMILES string of the molecule is CC(C)(C)CNC(=O)C(C)(C)C#N. The number of nitriles is 1. The van der Waals surface area contributed by atoms with Gasteiger partial charge in [-0.2, -0.15) is 5.26 Å². The Morgan fingerprint density at radius 1 is 1.31 bits per heavy atom. The molecule has 3 heteroatoms. The maximum absolute atomic E-state index is 11.4. The van der Waals surface area contributed by atoms with E-state index in [1.807, 2.05) is 26.8 Å². The van der Waals surface area contributed by atoms with Gasteiger partial charge in [-0.15, -0.1) is 0 Å². The highest BCUT2D eigenvalue weighted by Gasteiger charge is 2.27. The highest BCUT2D eigenvalue weighted by molar-refractivity contribution is 5.84. The van der Waals surface area contributed by atoms with Crippen LogP contribution in [0.5, 0.6) is 0 Å². The first-order valence-electron chi connectivity index (χ1n) is 4.38. The first kappa shape index (κ1) is 12.0. The molecular weight excluding hydrogens is 164 g/mol. The first-order chi connectivity index (χ1) is 5.69. The fourth-order valence-corrected chi connectivity index (χ4v) is 0.617. The zero-order chi connectivity index (χ0) is 10.7. The molecule has 0 bridgehead atoms. The van der Waals surface area contributed by atoms with E-state index in [1.165, 1.54) is 0 Å². The molecule has 0 aromatic carbocycles. The second-order valence-electron chi connectivity index (χ2n) is 4.98. The minimum atomic E-state index is -0.925. The zero-order valence-corrected chi connectivity index (χ0v) is 9.06. The lowest BCUT2D eigenvalue weighted by Crippen LogP contribution is -2.40. The van der Waals surface area contributed by atoms with Gasteiger partial charge in [0.05, 0.1) is 6.07 Å². The summed E-state index contributed by atoms with van der Waals surface area (Å²) in [6.07, 6.45) is 0. The molecule has 0 saturated heterocycles. The molecule has 0 spiro atoms. The van der Waals surface area contributed by atoms with Gasteiger partial charge in [0.25, 0.3) is 0 Å². The van der Waals surface area contributed by atoms with E-state index in [9.17, 15) is 4.79 Å². The van der Waals surface area contributed by atoms with E-state index >= 15 is 0 Å². The molecule has 74 valence electrons. The Morgan fingerprint density at radius 3 is 2.08 bits per heavy atom. The third-order valence-electron chi connectivity index (χ3n) is 1.63. The van der Waals surface area contributed by atoms with Crippen molar-refractivity contribution >= 4 is 5.91 Å². The molecule has 0 atom stereocenters. The number of carbonyl (C=O) groups excluding carboxylic acids is 1. The second-order valence-corrected chi connectivity index (χ2v) is 4.98. The number of rotatable bonds is 2. The van der Waals surface area contributed by atoms with E-state index in [1.54, 1.807) is 13.8 Å². The second kappa shape index (κ2) is 3.78. The van der Waals surface area contributed by atoms with Crippen molar-refractivity contribution < 1.29 is 4.79 Å². The van der Waals surface area contributed by atoms with Crippen LogP contribution in [0, 0.1) is 22.2 Å². The van der Waals surface area contributed by atoms with E-state index in [0.717, 1.165) is 0 Å². The third kappa shape index (κ3) is 4.51. The molecule has 3 nitrogen and oxygen atoms in total. The minimum absolute atomic E-state index is 0.0567. The smallest absolute Gasteiger partial charge is 0.239 e. The molecule has 1 amide bonds. The predicted octanol–water partition coefficient (Wildman–Crippen LogP) is 1.70. The summed E-state index contributed by atoms with van der Waals surface area (Å²) in [5.41, 5.74) is -0.869. The van der Waals surface area contributed by atoms with Crippen molar-refractivity contribution in [3.63, 3.8) is 0 Å². The fourth-order valence-electron chi connectivity index (χ4n) is 0.617. The van der Waals surface area contributed by atoms with E-state index in [4.69, 9.17) is 5.26 Å². The lowest BCUT2D eigenvalue weighted by Gasteiger charge is -2.22. The summed E-state index contributed by atoms with van der Waals surface area (Å²) in [6, 6.07) is 1.97. The van der Waals surface area contributed by atoms with Gasteiger partial charge in [-0.25, -0.2) is 0 Å². The van der Waals surface area contributed by atoms with Gasteiger partial charge in [-0.05, 0) is 19.3 Å². The van der Waals surface area contributed by atoms with Crippen molar-refractivity contribution in [3.8, 4) is 6.07 Å². The van der Waals surface area contributed by atoms with Crippen LogP contribution in [0.1, 0.15) is 34.6 Å². The van der Waals surface area contributed by atoms with Gasteiger partial charge in [0.15, 0.2) is 0 Å². The van der Waals surface area contributed by atoms with Crippen LogP contribution in [0.25, 0.3) is 0 Å². The average Bonchev–Trinajstić information content (AvgIpc) is 1.98. The summed E-state index contributed by atoms with van der Waals surface area (Å²) in [6.45, 7) is 9.93. The van der Waals surface area contributed by atoms with Gasteiger partial charge in [0, 0.05) is 6.54 Å². The van der Waals surface area contributed by atoms with Crippen LogP contribution in [0.4, 0.5) is 0 Å². The fraction of sp³-hybridized carbons (Fsp3) is 0.800. The highest BCUT2D eigenvalue weighted by atomic mass is 16.2. The van der Waals surface area contributed by atoms with E-state index < -0.39 is 5.41 Å². The van der Waals surface area contributed by atoms with Crippen LogP contribution in [0.3, 0.4) is 0 Å². The topological polar surface area (TPSA) is 52.9 Å². The monoisotopic (exact) mass is 182 g/mol. The lowest BCUT2D eigenvalue weighted by molar-refractivity contribution is -0.127. The van der Waals surface area contributed by atoms with Gasteiger partial charge in [-0.3, -0.25) is 4.79 Å². The Morgan fingerprint density at radius 2 is 1.77 bits per heavy atom. The summed E-state index contributed by atoms with van der Waals surface area (Å²) in [5.74, 6) is -0.204. The third-order valence-corrected chi connectivity index (χ3v) is 1.63. The molecule has 0 aliphatic carbocycles. The molecule has 0 saturated carbocycles. The van der Waals surface area contributed by atoms with Crippen LogP contribution in [-0.2, 0) is 4.79 Å². The minimum Gasteiger partial charge on any atom is -0.354 e. The summed E-state index contributed by atoms with van der Waals surface area (Å²) in [4.78, 5) is 11.4. The molecule has 0 fully saturated rings. The van der Waals surface area contributed by atoms with Gasteiger partial charge in [0.2, 0.25) is 5.91 Å². The Hall–Kier alpha value is -1.04. The van der Waals surface area contributed by atoms with Gasteiger partial charge in [0.1, 0.15) is 5.41 Å². The summed E-state index contributed by atoms with van der Waals surface area (Å²) in [5, 5.41) is 11.4. The van der Waals surface area contributed by atoms with E-state index in [0.29, 0.717) is 6.54 Å². The number of amides is 1. The Labute approximate surface area is 80.1 Å². The maximum atomic E-state index is 11.4. The molecule has 13 heavy (non-hydrogen) atoms. The molecule has 0 aromatic rings. The predicted molar refractivity (Wildman–Crippen MR) is 51.9 cm³/mol.